The fraction of sp³-hybridized carbons (Fsp3) is 0.381. The van der Waals surface area contributed by atoms with E-state index in [1.54, 1.807) is 30.7 Å². The molecule has 0 radical (unpaired) electrons. The summed E-state index contributed by atoms with van der Waals surface area (Å²) in [6.07, 6.45) is 4.41. The minimum atomic E-state index is -3.59. The number of methoxy groups -OCH3 is 2. The first-order chi connectivity index (χ1) is 27.8. The van der Waals surface area contributed by atoms with Gasteiger partial charge in [0.25, 0.3) is 0 Å². The van der Waals surface area contributed by atoms with Gasteiger partial charge in [-0.15, -0.1) is 0 Å². The minimum Gasteiger partial charge on any atom is -0.497 e. The van der Waals surface area contributed by atoms with Gasteiger partial charge in [-0.25, -0.2) is 23.4 Å². The van der Waals surface area contributed by atoms with Crippen molar-refractivity contribution in [1.29, 1.82) is 0 Å². The molecule has 0 aliphatic carbocycles. The summed E-state index contributed by atoms with van der Waals surface area (Å²) in [5.41, 5.74) is 5.66. The van der Waals surface area contributed by atoms with E-state index < -0.39 is 10.0 Å². The van der Waals surface area contributed by atoms with Gasteiger partial charge in [-0.05, 0) is 72.6 Å². The molecular weight excluding hydrogens is 743 g/mol. The van der Waals surface area contributed by atoms with Gasteiger partial charge in [0.2, 0.25) is 21.9 Å². The number of anilines is 4. The van der Waals surface area contributed by atoms with Crippen LogP contribution in [-0.2, 0) is 34.3 Å². The molecule has 2 aromatic heterocycles. The van der Waals surface area contributed by atoms with E-state index >= 15 is 0 Å². The SMILES string of the molecule is CCN1CCN(S(=O)(=O)c2ccc(N3CCc4c(-c5cnc(N(Cc6ccc(OC)cc6)Cc6ccc(OC)cc6)nc5)nc(N5CCOCC5)nc43)cc2)CC1. The number of morpholine rings is 1. The number of benzene rings is 3. The molecule has 0 bridgehead atoms. The van der Waals surface area contributed by atoms with E-state index in [0.717, 1.165) is 70.6 Å². The Bertz CT molecular complexity index is 2180. The lowest BCUT2D eigenvalue weighted by molar-refractivity contribution is 0.122. The first kappa shape index (κ1) is 38.5. The number of sulfonamides is 1. The molecule has 5 aromatic rings. The Morgan fingerprint density at radius 1 is 0.737 bits per heavy atom. The Balaban J connectivity index is 1.09. The fourth-order valence-corrected chi connectivity index (χ4v) is 9.00. The number of piperazine rings is 1. The fourth-order valence-electron chi connectivity index (χ4n) is 7.58. The highest BCUT2D eigenvalue weighted by Gasteiger charge is 2.31. The molecule has 2 fully saturated rings. The molecule has 3 aliphatic heterocycles. The first-order valence-corrected chi connectivity index (χ1v) is 20.9. The summed E-state index contributed by atoms with van der Waals surface area (Å²) in [7, 11) is -0.265. The van der Waals surface area contributed by atoms with E-state index in [2.05, 4.69) is 50.8 Å². The molecule has 0 N–H and O–H groups in total. The zero-order valence-corrected chi connectivity index (χ0v) is 33.6. The van der Waals surface area contributed by atoms with Gasteiger partial charge >= 0.3 is 0 Å². The van der Waals surface area contributed by atoms with Crippen molar-refractivity contribution in [1.82, 2.24) is 29.1 Å². The van der Waals surface area contributed by atoms with Crippen molar-refractivity contribution in [2.45, 2.75) is 31.3 Å². The molecule has 2 saturated heterocycles. The van der Waals surface area contributed by atoms with E-state index in [4.69, 9.17) is 34.1 Å². The second kappa shape index (κ2) is 17.0. The van der Waals surface area contributed by atoms with Crippen LogP contribution in [0.1, 0.15) is 23.6 Å². The molecule has 0 spiro atoms. The number of likely N-dealkylation sites (N-methyl/N-ethyl adjacent to an activating group) is 1. The summed E-state index contributed by atoms with van der Waals surface area (Å²) in [4.78, 5) is 29.2. The van der Waals surface area contributed by atoms with Crippen molar-refractivity contribution in [3.63, 3.8) is 0 Å². The molecule has 0 saturated carbocycles. The van der Waals surface area contributed by atoms with Crippen molar-refractivity contribution in [2.24, 2.45) is 0 Å². The smallest absolute Gasteiger partial charge is 0.243 e. The predicted molar refractivity (Wildman–Crippen MR) is 220 cm³/mol. The topological polar surface area (TPSA) is 130 Å². The highest BCUT2D eigenvalue weighted by atomic mass is 32.2. The summed E-state index contributed by atoms with van der Waals surface area (Å²) in [6, 6.07) is 23.3. The van der Waals surface area contributed by atoms with Crippen LogP contribution in [0, 0.1) is 0 Å². The summed E-state index contributed by atoms with van der Waals surface area (Å²) < 4.78 is 45.2. The Hall–Kier alpha value is -5.35. The summed E-state index contributed by atoms with van der Waals surface area (Å²) in [6.45, 7) is 9.90. The van der Waals surface area contributed by atoms with E-state index in [1.165, 1.54) is 0 Å². The van der Waals surface area contributed by atoms with Crippen LogP contribution in [0.15, 0.2) is 90.1 Å². The van der Waals surface area contributed by atoms with E-state index in [0.29, 0.717) is 82.2 Å². The highest BCUT2D eigenvalue weighted by molar-refractivity contribution is 7.89. The first-order valence-electron chi connectivity index (χ1n) is 19.5. The number of hydrogen-bond donors (Lipinski definition) is 0. The van der Waals surface area contributed by atoms with Gasteiger partial charge < -0.3 is 33.8 Å². The third kappa shape index (κ3) is 8.37. The van der Waals surface area contributed by atoms with Gasteiger partial charge in [0.05, 0.1) is 38.0 Å². The van der Waals surface area contributed by atoms with Crippen molar-refractivity contribution >= 4 is 33.4 Å². The molecule has 5 heterocycles. The zero-order chi connectivity index (χ0) is 39.4. The van der Waals surface area contributed by atoms with Crippen LogP contribution in [0.5, 0.6) is 11.5 Å². The molecular formula is C42H49N9O5S. The van der Waals surface area contributed by atoms with Crippen LogP contribution in [-0.4, -0.2) is 117 Å². The number of fused-ring (bicyclic) bond motifs is 1. The van der Waals surface area contributed by atoms with E-state index in [9.17, 15) is 8.42 Å². The number of aromatic nitrogens is 4. The van der Waals surface area contributed by atoms with Crippen molar-refractivity contribution in [3.05, 3.63) is 102 Å². The van der Waals surface area contributed by atoms with Crippen molar-refractivity contribution in [3.8, 4) is 22.8 Å². The normalized spacial score (nSPS) is 16.4. The lowest BCUT2D eigenvalue weighted by Crippen LogP contribution is -2.48. The third-order valence-electron chi connectivity index (χ3n) is 10.9. The van der Waals surface area contributed by atoms with Gasteiger partial charge in [0.1, 0.15) is 17.3 Å². The lowest BCUT2D eigenvalue weighted by Gasteiger charge is -2.33. The molecule has 3 aliphatic rings. The second-order valence-electron chi connectivity index (χ2n) is 14.3. The molecule has 0 unspecified atom stereocenters. The minimum absolute atomic E-state index is 0.304. The summed E-state index contributed by atoms with van der Waals surface area (Å²) in [5, 5.41) is 0. The monoisotopic (exact) mass is 791 g/mol. The van der Waals surface area contributed by atoms with Crippen LogP contribution in [0.4, 0.5) is 23.4 Å². The molecule has 14 nitrogen and oxygen atoms in total. The number of ether oxygens (including phenoxy) is 3. The largest absolute Gasteiger partial charge is 0.497 e. The van der Waals surface area contributed by atoms with Gasteiger partial charge in [0, 0.05) is 88.1 Å². The summed E-state index contributed by atoms with van der Waals surface area (Å²) >= 11 is 0. The van der Waals surface area contributed by atoms with Crippen LogP contribution < -0.4 is 24.2 Å². The Labute approximate surface area is 334 Å². The third-order valence-corrected chi connectivity index (χ3v) is 12.8. The molecule has 0 atom stereocenters. The zero-order valence-electron chi connectivity index (χ0n) is 32.7. The molecule has 57 heavy (non-hydrogen) atoms. The predicted octanol–water partition coefficient (Wildman–Crippen LogP) is 5.01. The van der Waals surface area contributed by atoms with Gasteiger partial charge in [-0.2, -0.15) is 9.29 Å². The average molecular weight is 792 g/mol. The molecule has 0 amide bonds. The van der Waals surface area contributed by atoms with Crippen molar-refractivity contribution in [2.75, 3.05) is 94.5 Å². The van der Waals surface area contributed by atoms with Crippen molar-refractivity contribution < 1.29 is 22.6 Å². The maximum atomic E-state index is 13.6. The Morgan fingerprint density at radius 3 is 1.89 bits per heavy atom. The number of rotatable bonds is 13. The lowest BCUT2D eigenvalue weighted by atomic mass is 10.1. The molecule has 3 aromatic carbocycles. The van der Waals surface area contributed by atoms with E-state index in [-0.39, 0.29) is 0 Å². The number of hydrogen-bond acceptors (Lipinski definition) is 13. The quantitative estimate of drug-likeness (QED) is 0.159. The van der Waals surface area contributed by atoms with Crippen LogP contribution in [0.25, 0.3) is 11.3 Å². The molecule has 298 valence electrons. The Kier molecular flexibility index (Phi) is 11.5. The van der Waals surface area contributed by atoms with Crippen LogP contribution in [0.2, 0.25) is 0 Å². The standard InChI is InChI=1S/C42H49N9O5S/c1-4-47-19-21-50(22-20-47)57(52,53)37-15-9-34(10-16-37)51-18-17-38-39(45-42(46-40(38)51)48-23-25-56-26-24-48)33-27-43-41(44-28-33)49(29-31-5-11-35(54-2)12-6-31)30-32-7-13-36(55-3)14-8-32/h5-16,27-28H,4,17-26,29-30H2,1-3H3. The van der Waals surface area contributed by atoms with Crippen LogP contribution in [0.3, 0.4) is 0 Å². The second-order valence-corrected chi connectivity index (χ2v) is 16.3. The van der Waals surface area contributed by atoms with E-state index in [1.807, 2.05) is 48.8 Å². The molecule has 8 rings (SSSR count). The average Bonchev–Trinajstić information content (AvgIpc) is 3.71. The number of nitrogens with zero attached hydrogens (tertiary/aromatic N) is 9. The molecule has 15 heteroatoms. The van der Waals surface area contributed by atoms with Gasteiger partial charge in [-0.1, -0.05) is 31.2 Å². The van der Waals surface area contributed by atoms with Gasteiger partial charge in [0.15, 0.2) is 0 Å². The summed E-state index contributed by atoms with van der Waals surface area (Å²) in [5.74, 6) is 3.62. The Morgan fingerprint density at radius 2 is 1.33 bits per heavy atom. The van der Waals surface area contributed by atoms with Gasteiger partial charge in [-0.3, -0.25) is 0 Å². The maximum absolute atomic E-state index is 13.6. The van der Waals surface area contributed by atoms with Crippen LogP contribution >= 0.6 is 0 Å². The highest BCUT2D eigenvalue weighted by Crippen LogP contribution is 2.40. The maximum Gasteiger partial charge on any atom is 0.243 e.